The second-order valence-electron chi connectivity index (χ2n) is 2.73. The molecule has 2 nitrogen and oxygen atoms in total. The number of hydrogen-bond acceptors (Lipinski definition) is 2. The molecule has 0 aliphatic heterocycles. The first-order valence-electron chi connectivity index (χ1n) is 5.67. The van der Waals surface area contributed by atoms with Gasteiger partial charge in [0.1, 0.15) is 0 Å². The average Bonchev–Trinajstić information content (AvgIpc) is 2.01. The van der Waals surface area contributed by atoms with Crippen LogP contribution < -0.4 is 0 Å². The van der Waals surface area contributed by atoms with Crippen LogP contribution >= 0.6 is 0 Å². The van der Waals surface area contributed by atoms with Crippen molar-refractivity contribution >= 4 is 5.97 Å². The van der Waals surface area contributed by atoms with E-state index >= 15 is 0 Å². The van der Waals surface area contributed by atoms with Crippen molar-refractivity contribution in [3.8, 4) is 0 Å². The van der Waals surface area contributed by atoms with Crippen LogP contribution in [0.2, 0.25) is 0 Å². The van der Waals surface area contributed by atoms with Crippen LogP contribution in [-0.4, -0.2) is 12.5 Å². The lowest BCUT2D eigenvalue weighted by molar-refractivity contribution is -0.153. The minimum atomic E-state index is -2.97. The SMILES string of the molecule is [2H]C([2H])([2H])C([2H])([2H])OC(=O)C(C)(C)CC. The Morgan fingerprint density at radius 1 is 1.80 bits per heavy atom. The Morgan fingerprint density at radius 3 is 2.80 bits per heavy atom. The second-order valence-corrected chi connectivity index (χ2v) is 2.73. The Bertz CT molecular complexity index is 244. The molecule has 0 rings (SSSR count). The second kappa shape index (κ2) is 3.59. The summed E-state index contributed by atoms with van der Waals surface area (Å²) in [5.74, 6) is -0.842. The van der Waals surface area contributed by atoms with Crippen molar-refractivity contribution in [2.24, 2.45) is 5.41 Å². The highest BCUT2D eigenvalue weighted by molar-refractivity contribution is 5.75. The maximum Gasteiger partial charge on any atom is 0.311 e. The van der Waals surface area contributed by atoms with Crippen LogP contribution in [0, 0.1) is 5.41 Å². The summed E-state index contributed by atoms with van der Waals surface area (Å²) in [6, 6.07) is 0. The summed E-state index contributed by atoms with van der Waals surface area (Å²) in [6.45, 7) is -1.01. The van der Waals surface area contributed by atoms with Gasteiger partial charge in [-0.05, 0) is 27.1 Å². The number of hydrogen-bond donors (Lipinski definition) is 0. The van der Waals surface area contributed by atoms with E-state index in [1.165, 1.54) is 0 Å². The number of esters is 1. The topological polar surface area (TPSA) is 26.3 Å². The molecule has 10 heavy (non-hydrogen) atoms. The van der Waals surface area contributed by atoms with E-state index in [0.29, 0.717) is 6.42 Å². The van der Waals surface area contributed by atoms with E-state index in [-0.39, 0.29) is 0 Å². The molecule has 0 unspecified atom stereocenters. The van der Waals surface area contributed by atoms with Crippen LogP contribution in [0.15, 0.2) is 0 Å². The van der Waals surface area contributed by atoms with Crippen LogP contribution in [0.5, 0.6) is 0 Å². The summed E-state index contributed by atoms with van der Waals surface area (Å²) in [6.07, 6.45) is 0.447. The predicted octanol–water partition coefficient (Wildman–Crippen LogP) is 1.99. The number of ether oxygens (including phenoxy) is 1. The van der Waals surface area contributed by atoms with Gasteiger partial charge in [0, 0.05) is 4.11 Å². The number of carbonyl (C=O) groups excluding carboxylic acids is 1. The smallest absolute Gasteiger partial charge is 0.311 e. The standard InChI is InChI=1S/C8H16O2/c1-5-8(3,4)7(9)10-6-2/h5-6H2,1-4H3/i2D3,6D2. The van der Waals surface area contributed by atoms with E-state index in [4.69, 9.17) is 6.85 Å². The Morgan fingerprint density at radius 2 is 2.40 bits per heavy atom. The summed E-state index contributed by atoms with van der Waals surface area (Å²) >= 11 is 0. The maximum absolute atomic E-state index is 11.4. The molecule has 0 saturated heterocycles. The highest BCUT2D eigenvalue weighted by Crippen LogP contribution is 2.20. The van der Waals surface area contributed by atoms with Crippen molar-refractivity contribution in [3.05, 3.63) is 0 Å². The predicted molar refractivity (Wildman–Crippen MR) is 40.7 cm³/mol. The first-order valence-corrected chi connectivity index (χ1v) is 3.17. The summed E-state index contributed by atoms with van der Waals surface area (Å²) < 4.78 is 39.3. The van der Waals surface area contributed by atoms with Gasteiger partial charge in [0.25, 0.3) is 0 Å². The van der Waals surface area contributed by atoms with Gasteiger partial charge in [0.2, 0.25) is 0 Å². The summed E-state index contributed by atoms with van der Waals surface area (Å²) in [5, 5.41) is 0. The van der Waals surface area contributed by atoms with Gasteiger partial charge >= 0.3 is 5.97 Å². The molecule has 0 aromatic rings. The molecule has 0 aromatic carbocycles. The van der Waals surface area contributed by atoms with E-state index in [9.17, 15) is 4.79 Å². The molecular formula is C8H16O2. The summed E-state index contributed by atoms with van der Waals surface area (Å²) in [7, 11) is 0. The molecule has 0 aliphatic rings. The van der Waals surface area contributed by atoms with Crippen LogP contribution in [-0.2, 0) is 9.53 Å². The van der Waals surface area contributed by atoms with Crippen molar-refractivity contribution in [2.45, 2.75) is 34.0 Å². The Hall–Kier alpha value is -0.530. The molecule has 60 valence electrons. The number of carbonyl (C=O) groups is 1. The molecule has 0 fully saturated rings. The van der Waals surface area contributed by atoms with Gasteiger partial charge in [-0.3, -0.25) is 4.79 Å². The van der Waals surface area contributed by atoms with Crippen LogP contribution in [0.25, 0.3) is 0 Å². The van der Waals surface area contributed by atoms with Gasteiger partial charge in [0.15, 0.2) is 0 Å². The normalized spacial score (nSPS) is 21.3. The van der Waals surface area contributed by atoms with Crippen molar-refractivity contribution in [2.75, 3.05) is 6.56 Å². The quantitative estimate of drug-likeness (QED) is 0.573. The maximum atomic E-state index is 11.4. The highest BCUT2D eigenvalue weighted by atomic mass is 16.5. The van der Waals surface area contributed by atoms with Crippen molar-refractivity contribution in [1.29, 1.82) is 0 Å². The molecule has 0 amide bonds. The first-order chi connectivity index (χ1) is 6.44. The van der Waals surface area contributed by atoms with Crippen LogP contribution in [0.4, 0.5) is 0 Å². The third-order valence-corrected chi connectivity index (χ3v) is 1.58. The van der Waals surface area contributed by atoms with Gasteiger partial charge < -0.3 is 4.74 Å². The van der Waals surface area contributed by atoms with Gasteiger partial charge in [-0.2, -0.15) is 0 Å². The molecule has 0 radical (unpaired) electrons. The monoisotopic (exact) mass is 149 g/mol. The van der Waals surface area contributed by atoms with Crippen LogP contribution in [0.1, 0.15) is 40.9 Å². The lowest BCUT2D eigenvalue weighted by Crippen LogP contribution is -2.25. The van der Waals surface area contributed by atoms with E-state index in [0.717, 1.165) is 0 Å². The molecule has 0 atom stereocenters. The van der Waals surface area contributed by atoms with Gasteiger partial charge in [-0.1, -0.05) is 6.92 Å². The Labute approximate surface area is 69.6 Å². The minimum Gasteiger partial charge on any atom is -0.466 e. The average molecular weight is 149 g/mol. The van der Waals surface area contributed by atoms with Gasteiger partial charge in [0.05, 0.1) is 14.7 Å². The lowest BCUT2D eigenvalue weighted by atomic mass is 9.91. The number of rotatable bonds is 3. The van der Waals surface area contributed by atoms with Crippen molar-refractivity contribution in [1.82, 2.24) is 0 Å². The van der Waals surface area contributed by atoms with Gasteiger partial charge in [-0.25, -0.2) is 0 Å². The van der Waals surface area contributed by atoms with Gasteiger partial charge in [-0.15, -0.1) is 0 Å². The van der Waals surface area contributed by atoms with Crippen molar-refractivity contribution < 1.29 is 16.4 Å². The molecule has 0 spiro atoms. The third-order valence-electron chi connectivity index (χ3n) is 1.58. The molecule has 0 saturated carbocycles. The molecule has 0 bridgehead atoms. The first kappa shape index (κ1) is 3.74. The fourth-order valence-electron chi connectivity index (χ4n) is 0.329. The van der Waals surface area contributed by atoms with E-state index in [1.54, 1.807) is 20.8 Å². The largest absolute Gasteiger partial charge is 0.466 e. The van der Waals surface area contributed by atoms with E-state index in [2.05, 4.69) is 4.74 Å². The molecule has 2 heteroatoms. The minimum absolute atomic E-state index is 0.447. The lowest BCUT2D eigenvalue weighted by Gasteiger charge is -2.19. The molecular weight excluding hydrogens is 128 g/mol. The third kappa shape index (κ3) is 2.38. The van der Waals surface area contributed by atoms with Crippen molar-refractivity contribution in [3.63, 3.8) is 0 Å². The molecule has 0 aliphatic carbocycles. The van der Waals surface area contributed by atoms with E-state index < -0.39 is 24.8 Å². The Balaban J connectivity index is 4.70. The molecule has 0 N–H and O–H groups in total. The zero-order chi connectivity index (χ0) is 12.5. The summed E-state index contributed by atoms with van der Waals surface area (Å²) in [4.78, 5) is 11.4. The molecule has 0 heterocycles. The van der Waals surface area contributed by atoms with E-state index in [1.807, 2.05) is 0 Å². The molecule has 0 aromatic heterocycles. The zero-order valence-corrected chi connectivity index (χ0v) is 6.52. The fraction of sp³-hybridized carbons (Fsp3) is 0.875. The highest BCUT2D eigenvalue weighted by Gasteiger charge is 2.26. The summed E-state index contributed by atoms with van der Waals surface area (Å²) in [5.41, 5.74) is -0.876. The Kier molecular flexibility index (Phi) is 1.35. The van der Waals surface area contributed by atoms with Crippen LogP contribution in [0.3, 0.4) is 0 Å². The fourth-order valence-corrected chi connectivity index (χ4v) is 0.329. The zero-order valence-electron chi connectivity index (χ0n) is 11.5.